The number of carbonyl (C=O) groups is 1. The van der Waals surface area contributed by atoms with Crippen LogP contribution < -0.4 is 5.32 Å². The van der Waals surface area contributed by atoms with Crippen LogP contribution in [0.15, 0.2) is 12.2 Å². The average molecular weight is 197 g/mol. The summed E-state index contributed by atoms with van der Waals surface area (Å²) >= 11 is 0. The smallest absolute Gasteiger partial charge is 0.246 e. The van der Waals surface area contributed by atoms with Crippen molar-refractivity contribution in [3.8, 4) is 0 Å². The number of hydrogen-bond donors (Lipinski definition) is 1. The first kappa shape index (κ1) is 13.2. The molecule has 14 heavy (non-hydrogen) atoms. The fourth-order valence-electron chi connectivity index (χ4n) is 1.13. The molecule has 0 aliphatic heterocycles. The summed E-state index contributed by atoms with van der Waals surface area (Å²) in [6.45, 7) is 12.8. The van der Waals surface area contributed by atoms with Crippen molar-refractivity contribution >= 4 is 5.91 Å². The predicted molar refractivity (Wildman–Crippen MR) is 61.1 cm³/mol. The molecular weight excluding hydrogens is 174 g/mol. The van der Waals surface area contributed by atoms with Gasteiger partial charge in [0.1, 0.15) is 0 Å². The highest BCUT2D eigenvalue weighted by molar-refractivity contribution is 5.91. The maximum atomic E-state index is 11.1. The fourth-order valence-corrected chi connectivity index (χ4v) is 1.13. The average Bonchev–Trinajstić information content (AvgIpc) is 2.01. The van der Waals surface area contributed by atoms with E-state index in [1.807, 2.05) is 0 Å². The Morgan fingerprint density at radius 1 is 1.29 bits per heavy atom. The van der Waals surface area contributed by atoms with Crippen molar-refractivity contribution in [3.05, 3.63) is 12.2 Å². The fraction of sp³-hybridized carbons (Fsp3) is 0.750. The van der Waals surface area contributed by atoms with E-state index < -0.39 is 0 Å². The van der Waals surface area contributed by atoms with Crippen molar-refractivity contribution in [2.75, 3.05) is 6.54 Å². The molecule has 0 saturated heterocycles. The zero-order valence-electron chi connectivity index (χ0n) is 9.94. The third-order valence-electron chi connectivity index (χ3n) is 2.03. The first-order chi connectivity index (χ1) is 6.33. The summed E-state index contributed by atoms with van der Waals surface area (Å²) in [6, 6.07) is 0. The summed E-state index contributed by atoms with van der Waals surface area (Å²) in [7, 11) is 0. The zero-order chi connectivity index (χ0) is 11.2. The maximum Gasteiger partial charge on any atom is 0.246 e. The molecule has 0 saturated carbocycles. The number of rotatable bonds is 5. The highest BCUT2D eigenvalue weighted by Crippen LogP contribution is 2.21. The van der Waals surface area contributed by atoms with Crippen molar-refractivity contribution in [1.82, 2.24) is 5.32 Å². The van der Waals surface area contributed by atoms with Crippen molar-refractivity contribution < 1.29 is 4.79 Å². The number of unbranched alkanes of at least 4 members (excludes halogenated alkanes) is 1. The summed E-state index contributed by atoms with van der Waals surface area (Å²) in [5.74, 6) is -0.0271. The Morgan fingerprint density at radius 2 is 1.86 bits per heavy atom. The largest absolute Gasteiger partial charge is 0.352 e. The summed E-state index contributed by atoms with van der Waals surface area (Å²) < 4.78 is 0. The molecular formula is C12H23NO. The molecule has 0 aromatic heterocycles. The van der Waals surface area contributed by atoms with E-state index in [9.17, 15) is 4.79 Å². The molecule has 2 nitrogen and oxygen atoms in total. The molecule has 0 bridgehead atoms. The van der Waals surface area contributed by atoms with Crippen LogP contribution >= 0.6 is 0 Å². The minimum Gasteiger partial charge on any atom is -0.352 e. The van der Waals surface area contributed by atoms with Crippen LogP contribution in [0.1, 0.15) is 47.0 Å². The molecule has 82 valence electrons. The lowest BCUT2D eigenvalue weighted by molar-refractivity contribution is -0.117. The maximum absolute atomic E-state index is 11.1. The Balaban J connectivity index is 3.39. The molecule has 0 spiro atoms. The minimum atomic E-state index is -0.0271. The Morgan fingerprint density at radius 3 is 2.29 bits per heavy atom. The lowest BCUT2D eigenvalue weighted by Crippen LogP contribution is -2.24. The van der Waals surface area contributed by atoms with Crippen molar-refractivity contribution in [3.63, 3.8) is 0 Å². The van der Waals surface area contributed by atoms with Gasteiger partial charge in [0.2, 0.25) is 5.91 Å². The Hall–Kier alpha value is -0.790. The van der Waals surface area contributed by atoms with Crippen molar-refractivity contribution in [2.24, 2.45) is 5.41 Å². The molecule has 0 aromatic carbocycles. The van der Waals surface area contributed by atoms with E-state index in [4.69, 9.17) is 0 Å². The zero-order valence-corrected chi connectivity index (χ0v) is 9.94. The second-order valence-electron chi connectivity index (χ2n) is 5.05. The second-order valence-corrected chi connectivity index (χ2v) is 5.05. The van der Waals surface area contributed by atoms with Crippen LogP contribution in [0, 0.1) is 5.41 Å². The van der Waals surface area contributed by atoms with E-state index in [1.54, 1.807) is 6.92 Å². The summed E-state index contributed by atoms with van der Waals surface area (Å²) in [5.41, 5.74) is 0.985. The van der Waals surface area contributed by atoms with Gasteiger partial charge in [-0.25, -0.2) is 0 Å². The highest BCUT2D eigenvalue weighted by Gasteiger charge is 2.08. The molecule has 0 radical (unpaired) electrons. The molecule has 0 fully saturated rings. The monoisotopic (exact) mass is 197 g/mol. The van der Waals surface area contributed by atoms with Crippen molar-refractivity contribution in [1.29, 1.82) is 0 Å². The van der Waals surface area contributed by atoms with Crippen LogP contribution in [0.5, 0.6) is 0 Å². The van der Waals surface area contributed by atoms with E-state index in [0.717, 1.165) is 13.0 Å². The van der Waals surface area contributed by atoms with Gasteiger partial charge in [-0.15, -0.1) is 0 Å². The molecule has 2 heteroatoms. The number of carbonyl (C=O) groups excluding carboxylic acids is 1. The summed E-state index contributed by atoms with van der Waals surface area (Å²) in [4.78, 5) is 11.1. The quantitative estimate of drug-likeness (QED) is 0.533. The lowest BCUT2D eigenvalue weighted by Gasteiger charge is -2.17. The van der Waals surface area contributed by atoms with Crippen LogP contribution in [0.4, 0.5) is 0 Å². The Bertz CT molecular complexity index is 201. The third-order valence-corrected chi connectivity index (χ3v) is 2.03. The number of hydrogen-bond acceptors (Lipinski definition) is 1. The molecule has 0 aliphatic carbocycles. The summed E-state index contributed by atoms with van der Waals surface area (Å²) in [6.07, 6.45) is 3.42. The van der Waals surface area contributed by atoms with E-state index in [0.29, 0.717) is 11.0 Å². The predicted octanol–water partition coefficient (Wildman–Crippen LogP) is 2.90. The molecule has 1 N–H and O–H groups in total. The first-order valence-electron chi connectivity index (χ1n) is 5.26. The van der Waals surface area contributed by atoms with Gasteiger partial charge in [-0.2, -0.15) is 0 Å². The van der Waals surface area contributed by atoms with E-state index in [2.05, 4.69) is 32.7 Å². The van der Waals surface area contributed by atoms with Gasteiger partial charge in [0.25, 0.3) is 0 Å². The van der Waals surface area contributed by atoms with Crippen molar-refractivity contribution in [2.45, 2.75) is 47.0 Å². The van der Waals surface area contributed by atoms with E-state index >= 15 is 0 Å². The third kappa shape index (κ3) is 7.84. The molecule has 0 rings (SSSR count). The standard InChI is InChI=1S/C12H23NO/c1-10(2)11(14)13-9-7-6-8-12(3,4)5/h1,6-9H2,2-5H3,(H,13,14). The normalized spacial score (nSPS) is 11.1. The molecule has 0 unspecified atom stereocenters. The number of nitrogens with one attached hydrogen (secondary N) is 1. The lowest BCUT2D eigenvalue weighted by atomic mass is 9.90. The first-order valence-corrected chi connectivity index (χ1v) is 5.26. The van der Waals surface area contributed by atoms with E-state index in [1.165, 1.54) is 12.8 Å². The second kappa shape index (κ2) is 5.84. The van der Waals surface area contributed by atoms with Crippen LogP contribution in [-0.2, 0) is 4.79 Å². The van der Waals surface area contributed by atoms with Crippen LogP contribution in [0.25, 0.3) is 0 Å². The SMILES string of the molecule is C=C(C)C(=O)NCCCCC(C)(C)C. The van der Waals surface area contributed by atoms with Crippen LogP contribution in [-0.4, -0.2) is 12.5 Å². The van der Waals surface area contributed by atoms with Crippen LogP contribution in [0.2, 0.25) is 0 Å². The molecule has 0 aliphatic rings. The van der Waals surface area contributed by atoms with Gasteiger partial charge in [0.05, 0.1) is 0 Å². The van der Waals surface area contributed by atoms with E-state index in [-0.39, 0.29) is 5.91 Å². The minimum absolute atomic E-state index is 0.0271. The summed E-state index contributed by atoms with van der Waals surface area (Å²) in [5, 5.41) is 2.83. The topological polar surface area (TPSA) is 29.1 Å². The van der Waals surface area contributed by atoms with Gasteiger partial charge in [0.15, 0.2) is 0 Å². The van der Waals surface area contributed by atoms with Gasteiger partial charge in [-0.1, -0.05) is 33.8 Å². The van der Waals surface area contributed by atoms with Gasteiger partial charge < -0.3 is 5.32 Å². The highest BCUT2D eigenvalue weighted by atomic mass is 16.1. The Labute approximate surface area is 87.8 Å². The van der Waals surface area contributed by atoms with Gasteiger partial charge >= 0.3 is 0 Å². The molecule has 1 amide bonds. The van der Waals surface area contributed by atoms with Gasteiger partial charge in [-0.3, -0.25) is 4.79 Å². The van der Waals surface area contributed by atoms with Gasteiger partial charge in [-0.05, 0) is 25.2 Å². The molecule has 0 aromatic rings. The van der Waals surface area contributed by atoms with Crippen LogP contribution in [0.3, 0.4) is 0 Å². The Kier molecular flexibility index (Phi) is 5.51. The molecule has 0 heterocycles. The molecule has 0 atom stereocenters. The number of amides is 1. The van der Waals surface area contributed by atoms with Gasteiger partial charge in [0, 0.05) is 12.1 Å².